The van der Waals surface area contributed by atoms with Gasteiger partial charge in [0, 0.05) is 19.2 Å². The summed E-state index contributed by atoms with van der Waals surface area (Å²) in [6.45, 7) is 1.45. The van der Waals surface area contributed by atoms with Crippen LogP contribution in [0.25, 0.3) is 0 Å². The maximum atomic E-state index is 14.2. The predicted molar refractivity (Wildman–Crippen MR) is 151 cm³/mol. The summed E-state index contributed by atoms with van der Waals surface area (Å²) in [7, 11) is 1.31. The molecule has 2 fully saturated rings. The van der Waals surface area contributed by atoms with Crippen LogP contribution in [0.1, 0.15) is 60.8 Å². The minimum Gasteiger partial charge on any atom is -0.478 e. The van der Waals surface area contributed by atoms with Crippen LogP contribution in [0, 0.1) is 23.0 Å². The number of amides is 4. The van der Waals surface area contributed by atoms with E-state index < -0.39 is 35.7 Å². The molecule has 2 aromatic rings. The van der Waals surface area contributed by atoms with Crippen molar-refractivity contribution < 1.29 is 33.0 Å². The number of ether oxygens (including phenoxy) is 1. The van der Waals surface area contributed by atoms with E-state index in [4.69, 9.17) is 4.74 Å². The second-order valence-corrected chi connectivity index (χ2v) is 11.1. The molecule has 12 heteroatoms. The second-order valence-electron chi connectivity index (χ2n) is 11.1. The van der Waals surface area contributed by atoms with Gasteiger partial charge in [-0.1, -0.05) is 24.3 Å². The first-order chi connectivity index (χ1) is 20.7. The van der Waals surface area contributed by atoms with Crippen LogP contribution < -0.4 is 10.6 Å². The van der Waals surface area contributed by atoms with Crippen LogP contribution in [0.5, 0.6) is 0 Å². The van der Waals surface area contributed by atoms with E-state index in [1.807, 2.05) is 24.3 Å². The van der Waals surface area contributed by atoms with Crippen molar-refractivity contribution in [2.75, 3.05) is 26.8 Å². The minimum atomic E-state index is -1.51. The van der Waals surface area contributed by atoms with Crippen LogP contribution in [0.4, 0.5) is 18.4 Å². The van der Waals surface area contributed by atoms with Gasteiger partial charge in [-0.25, -0.2) is 28.1 Å². The van der Waals surface area contributed by atoms with Crippen molar-refractivity contribution in [3.05, 3.63) is 82.1 Å². The highest BCUT2D eigenvalue weighted by Crippen LogP contribution is 2.36. The number of carboxylic acids is 1. The molecule has 3 N–H and O–H groups in total. The number of methoxy groups -OCH3 is 1. The van der Waals surface area contributed by atoms with E-state index >= 15 is 0 Å². The molecule has 1 saturated carbocycles. The van der Waals surface area contributed by atoms with Gasteiger partial charge >= 0.3 is 18.0 Å². The Morgan fingerprint density at radius 1 is 1.12 bits per heavy atom. The molecule has 2 aliphatic heterocycles. The van der Waals surface area contributed by atoms with Crippen LogP contribution in [-0.2, 0) is 9.53 Å². The summed E-state index contributed by atoms with van der Waals surface area (Å²) in [5, 5.41) is 24.8. The quantitative estimate of drug-likeness (QED) is 0.433. The number of nitrogens with one attached hydrogen (secondary N) is 2. The third kappa shape index (κ3) is 6.23. The Kier molecular flexibility index (Phi) is 9.03. The molecule has 0 aromatic heterocycles. The zero-order valence-corrected chi connectivity index (χ0v) is 23.7. The molecule has 1 aliphatic carbocycles. The number of imide groups is 1. The van der Waals surface area contributed by atoms with E-state index in [0.29, 0.717) is 29.2 Å². The van der Waals surface area contributed by atoms with Crippen molar-refractivity contribution >= 4 is 18.0 Å². The number of urea groups is 2. The van der Waals surface area contributed by atoms with Gasteiger partial charge in [-0.3, -0.25) is 0 Å². The number of halogens is 2. The van der Waals surface area contributed by atoms with Gasteiger partial charge in [-0.05, 0) is 80.4 Å². The number of nitriles is 1. The minimum absolute atomic E-state index is 0.0694. The Morgan fingerprint density at radius 2 is 1.86 bits per heavy atom. The van der Waals surface area contributed by atoms with Crippen LogP contribution >= 0.6 is 0 Å². The van der Waals surface area contributed by atoms with Gasteiger partial charge in [0.15, 0.2) is 11.6 Å². The Labute approximate surface area is 247 Å². The summed E-state index contributed by atoms with van der Waals surface area (Å²) in [5.74, 6) is -3.51. The Morgan fingerprint density at radius 3 is 2.53 bits per heavy atom. The third-order valence-corrected chi connectivity index (χ3v) is 8.63. The number of carboxylic acid groups (broad SMARTS) is 1. The highest BCUT2D eigenvalue weighted by molar-refractivity contribution is 6.01. The molecular weight excluding hydrogens is 560 g/mol. The van der Waals surface area contributed by atoms with Gasteiger partial charge < -0.3 is 25.4 Å². The van der Waals surface area contributed by atoms with Gasteiger partial charge in [0.1, 0.15) is 6.04 Å². The number of rotatable bonds is 7. The molecule has 2 heterocycles. The standard InChI is InChI=1S/C31H33F2N5O5/c1-43-17-26-27(29(39)40)28(19-6-9-24(32)25(33)14-19)38(31(42)36-26)30(41)35-21-7-8-22(15-21)37-12-10-18(11-13-37)23-5-3-2-4-20(23)16-34/h2-6,9,14,18,21-22,28H,7-8,10-13,15,17H2,1H3,(H,35,41)(H,36,42)(H,39,40)/t21-,22+,28-/m0/s1. The van der Waals surface area contributed by atoms with E-state index in [0.717, 1.165) is 56.1 Å². The van der Waals surface area contributed by atoms with E-state index in [-0.39, 0.29) is 35.5 Å². The summed E-state index contributed by atoms with van der Waals surface area (Å²) < 4.78 is 33.0. The van der Waals surface area contributed by atoms with Crippen molar-refractivity contribution in [1.82, 2.24) is 20.4 Å². The van der Waals surface area contributed by atoms with Gasteiger partial charge in [0.2, 0.25) is 0 Å². The highest BCUT2D eigenvalue weighted by Gasteiger charge is 2.44. The highest BCUT2D eigenvalue weighted by atomic mass is 19.2. The maximum Gasteiger partial charge on any atom is 0.335 e. The zero-order valence-electron chi connectivity index (χ0n) is 23.7. The van der Waals surface area contributed by atoms with E-state index in [2.05, 4.69) is 21.6 Å². The molecule has 0 unspecified atom stereocenters. The van der Waals surface area contributed by atoms with Gasteiger partial charge in [-0.15, -0.1) is 0 Å². The zero-order chi connectivity index (χ0) is 30.7. The summed E-state index contributed by atoms with van der Waals surface area (Å²) in [5.41, 5.74) is 1.26. The third-order valence-electron chi connectivity index (χ3n) is 8.63. The van der Waals surface area contributed by atoms with Crippen LogP contribution in [-0.4, -0.2) is 71.8 Å². The fourth-order valence-electron chi connectivity index (χ4n) is 6.57. The number of nitrogens with zero attached hydrogens (tertiary/aromatic N) is 3. The molecule has 5 rings (SSSR count). The fourth-order valence-corrected chi connectivity index (χ4v) is 6.57. The lowest BCUT2D eigenvalue weighted by atomic mass is 9.86. The molecule has 0 radical (unpaired) electrons. The first kappa shape index (κ1) is 30.1. The Bertz CT molecular complexity index is 1480. The lowest BCUT2D eigenvalue weighted by molar-refractivity contribution is -0.133. The molecule has 226 valence electrons. The first-order valence-electron chi connectivity index (χ1n) is 14.3. The normalized spacial score (nSPS) is 23.2. The fraction of sp³-hybridized carbons (Fsp3) is 0.419. The van der Waals surface area contributed by atoms with Gasteiger partial charge in [-0.2, -0.15) is 5.26 Å². The number of hydrogen-bond donors (Lipinski definition) is 3. The molecule has 4 amide bonds. The number of likely N-dealkylation sites (tertiary alicyclic amines) is 1. The maximum absolute atomic E-state index is 14.2. The predicted octanol–water partition coefficient (Wildman–Crippen LogP) is 4.40. The monoisotopic (exact) mass is 593 g/mol. The summed E-state index contributed by atoms with van der Waals surface area (Å²) >= 11 is 0. The molecule has 2 aromatic carbocycles. The molecule has 1 saturated heterocycles. The van der Waals surface area contributed by atoms with Crippen LogP contribution in [0.2, 0.25) is 0 Å². The van der Waals surface area contributed by atoms with Gasteiger partial charge in [0.25, 0.3) is 0 Å². The number of hydrogen-bond acceptors (Lipinski definition) is 6. The van der Waals surface area contributed by atoms with Crippen molar-refractivity contribution in [2.45, 2.75) is 56.1 Å². The molecule has 10 nitrogen and oxygen atoms in total. The average Bonchev–Trinajstić information content (AvgIpc) is 3.46. The molecule has 0 spiro atoms. The van der Waals surface area contributed by atoms with Crippen molar-refractivity contribution in [1.29, 1.82) is 5.26 Å². The smallest absolute Gasteiger partial charge is 0.335 e. The van der Waals surface area contributed by atoms with Gasteiger partial charge in [0.05, 0.1) is 29.5 Å². The Hall–Kier alpha value is -4.34. The van der Waals surface area contributed by atoms with E-state index in [1.165, 1.54) is 7.11 Å². The van der Waals surface area contributed by atoms with E-state index in [1.54, 1.807) is 0 Å². The van der Waals surface area contributed by atoms with Crippen LogP contribution in [0.3, 0.4) is 0 Å². The molecule has 43 heavy (non-hydrogen) atoms. The number of carbonyl (C=O) groups is 3. The average molecular weight is 594 g/mol. The lowest BCUT2D eigenvalue weighted by Gasteiger charge is -2.37. The topological polar surface area (TPSA) is 135 Å². The number of carbonyl (C=O) groups excluding carboxylic acids is 2. The van der Waals surface area contributed by atoms with Crippen molar-refractivity contribution in [3.63, 3.8) is 0 Å². The number of piperidine rings is 1. The summed E-state index contributed by atoms with van der Waals surface area (Å²) in [6, 6.07) is 9.44. The first-order valence-corrected chi connectivity index (χ1v) is 14.3. The Balaban J connectivity index is 1.29. The van der Waals surface area contributed by atoms with Crippen molar-refractivity contribution in [2.24, 2.45) is 0 Å². The number of aliphatic carboxylic acids is 1. The molecular formula is C31H33F2N5O5. The largest absolute Gasteiger partial charge is 0.478 e. The van der Waals surface area contributed by atoms with Crippen molar-refractivity contribution in [3.8, 4) is 6.07 Å². The lowest BCUT2D eigenvalue weighted by Crippen LogP contribution is -2.56. The molecule has 0 bridgehead atoms. The SMILES string of the molecule is COCC1=C(C(=O)O)[C@H](c2ccc(F)c(F)c2)N(C(=O)N[C@H]2CC[C@@H](N3CCC(c4ccccc4C#N)CC3)C2)C(=O)N1. The number of benzene rings is 2. The summed E-state index contributed by atoms with van der Waals surface area (Å²) in [6.07, 6.45) is 3.98. The second kappa shape index (κ2) is 12.9. The van der Waals surface area contributed by atoms with Crippen LogP contribution in [0.15, 0.2) is 53.7 Å². The summed E-state index contributed by atoms with van der Waals surface area (Å²) in [4.78, 5) is 42.2. The molecule has 3 atom stereocenters. The molecule has 3 aliphatic rings. The van der Waals surface area contributed by atoms with E-state index in [9.17, 15) is 33.5 Å².